The fraction of sp³-hybridized carbons (Fsp3) is 0.556. The Morgan fingerprint density at radius 1 is 1.31 bits per heavy atom. The van der Waals surface area contributed by atoms with Crippen LogP contribution in [0.5, 0.6) is 0 Å². The number of carbonyl (C=O) groups excluding carboxylic acids is 2. The summed E-state index contributed by atoms with van der Waals surface area (Å²) in [6, 6.07) is 0. The number of nitrogens with zero attached hydrogens (tertiary/aromatic N) is 2. The van der Waals surface area contributed by atoms with Crippen LogP contribution in [0.15, 0.2) is 11.1 Å². The van der Waals surface area contributed by atoms with E-state index in [4.69, 9.17) is 9.47 Å². The van der Waals surface area contributed by atoms with E-state index in [1.54, 1.807) is 13.8 Å². The highest BCUT2D eigenvalue weighted by Gasteiger charge is 2.21. The van der Waals surface area contributed by atoms with E-state index in [-0.39, 0.29) is 24.1 Å². The van der Waals surface area contributed by atoms with Crippen molar-refractivity contribution in [1.82, 2.24) is 9.55 Å². The number of thiophene rings is 1. The molecule has 2 aromatic rings. The van der Waals surface area contributed by atoms with Crippen LogP contribution in [-0.4, -0.2) is 34.2 Å². The molecule has 2 heterocycles. The number of aryl methyl sites for hydroxylation is 1. The molecule has 2 rings (SSSR count). The second kappa shape index (κ2) is 8.44. The number of fused-ring (bicyclic) bond motifs is 1. The lowest BCUT2D eigenvalue weighted by molar-refractivity contribution is -0.149. The molecule has 0 fully saturated rings. The summed E-state index contributed by atoms with van der Waals surface area (Å²) < 4.78 is 11.7. The topological polar surface area (TPSA) is 87.5 Å². The third kappa shape index (κ3) is 4.49. The summed E-state index contributed by atoms with van der Waals surface area (Å²) in [6.07, 6.45) is 1.80. The van der Waals surface area contributed by atoms with Crippen molar-refractivity contribution < 1.29 is 19.1 Å². The standard InChI is InChI=1S/C18H24N2O5S/c1-6-11(4)25-13(21)7-20-9-19-16-14(17(20)22)12(5)15(26-16)18(23)24-8-10(2)3/h9-11H,6-8H2,1-5H3. The van der Waals surface area contributed by atoms with Crippen LogP contribution >= 0.6 is 11.3 Å². The molecule has 1 unspecified atom stereocenters. The van der Waals surface area contributed by atoms with Crippen LogP contribution in [0, 0.1) is 12.8 Å². The fourth-order valence-electron chi connectivity index (χ4n) is 2.26. The van der Waals surface area contributed by atoms with E-state index in [1.165, 1.54) is 10.9 Å². The molecular formula is C18H24N2O5S. The van der Waals surface area contributed by atoms with E-state index in [0.717, 1.165) is 11.3 Å². The van der Waals surface area contributed by atoms with Crippen molar-refractivity contribution in [1.29, 1.82) is 0 Å². The second-order valence-electron chi connectivity index (χ2n) is 6.61. The maximum atomic E-state index is 12.7. The molecule has 0 bridgehead atoms. The molecule has 0 saturated carbocycles. The number of esters is 2. The Bertz CT molecular complexity index is 868. The van der Waals surface area contributed by atoms with Crippen LogP contribution in [-0.2, 0) is 20.8 Å². The summed E-state index contributed by atoms with van der Waals surface area (Å²) in [4.78, 5) is 41.9. The first kappa shape index (κ1) is 20.1. The summed E-state index contributed by atoms with van der Waals surface area (Å²) >= 11 is 1.12. The Hall–Kier alpha value is -2.22. The minimum absolute atomic E-state index is 0.208. The third-order valence-corrected chi connectivity index (χ3v) is 5.04. The SMILES string of the molecule is CCC(C)OC(=O)Cn1cnc2sc(C(=O)OCC(C)C)c(C)c2c1=O. The maximum absolute atomic E-state index is 12.7. The molecule has 142 valence electrons. The quantitative estimate of drug-likeness (QED) is 0.687. The van der Waals surface area contributed by atoms with Gasteiger partial charge >= 0.3 is 11.9 Å². The van der Waals surface area contributed by atoms with E-state index >= 15 is 0 Å². The minimum Gasteiger partial charge on any atom is -0.461 e. The molecule has 0 N–H and O–H groups in total. The van der Waals surface area contributed by atoms with E-state index in [0.29, 0.717) is 33.7 Å². The van der Waals surface area contributed by atoms with Gasteiger partial charge in [-0.25, -0.2) is 9.78 Å². The summed E-state index contributed by atoms with van der Waals surface area (Å²) in [5, 5.41) is 0.338. The average Bonchev–Trinajstić information content (AvgIpc) is 2.92. The van der Waals surface area contributed by atoms with E-state index < -0.39 is 11.9 Å². The van der Waals surface area contributed by atoms with Crippen LogP contribution in [0.3, 0.4) is 0 Å². The average molecular weight is 380 g/mol. The van der Waals surface area contributed by atoms with Crippen molar-refractivity contribution in [3.63, 3.8) is 0 Å². The van der Waals surface area contributed by atoms with Gasteiger partial charge in [0.25, 0.3) is 5.56 Å². The molecule has 0 aliphatic heterocycles. The molecule has 0 radical (unpaired) electrons. The number of aromatic nitrogens is 2. The smallest absolute Gasteiger partial charge is 0.348 e. The zero-order chi connectivity index (χ0) is 19.4. The Balaban J connectivity index is 2.31. The van der Waals surface area contributed by atoms with Crippen LogP contribution in [0.25, 0.3) is 10.2 Å². The lowest BCUT2D eigenvalue weighted by Crippen LogP contribution is -2.27. The largest absolute Gasteiger partial charge is 0.461 e. The Kier molecular flexibility index (Phi) is 6.52. The van der Waals surface area contributed by atoms with Crippen molar-refractivity contribution in [3.05, 3.63) is 27.1 Å². The van der Waals surface area contributed by atoms with Crippen molar-refractivity contribution >= 4 is 33.5 Å². The van der Waals surface area contributed by atoms with Gasteiger partial charge in [0.1, 0.15) is 16.3 Å². The van der Waals surface area contributed by atoms with Crippen LogP contribution in [0.2, 0.25) is 0 Å². The fourth-order valence-corrected chi connectivity index (χ4v) is 3.29. The van der Waals surface area contributed by atoms with Gasteiger partial charge in [0, 0.05) is 0 Å². The Morgan fingerprint density at radius 3 is 2.62 bits per heavy atom. The number of ether oxygens (including phenoxy) is 2. The zero-order valence-corrected chi connectivity index (χ0v) is 16.5. The molecule has 26 heavy (non-hydrogen) atoms. The van der Waals surface area contributed by atoms with Gasteiger partial charge in [-0.05, 0) is 31.7 Å². The normalized spacial score (nSPS) is 12.4. The lowest BCUT2D eigenvalue weighted by atomic mass is 10.2. The van der Waals surface area contributed by atoms with Gasteiger partial charge in [0.05, 0.1) is 24.4 Å². The van der Waals surface area contributed by atoms with Crippen LogP contribution in [0.1, 0.15) is 49.4 Å². The van der Waals surface area contributed by atoms with Gasteiger partial charge < -0.3 is 9.47 Å². The maximum Gasteiger partial charge on any atom is 0.348 e. The molecule has 2 aromatic heterocycles. The van der Waals surface area contributed by atoms with Crippen molar-refractivity contribution in [2.45, 2.75) is 53.7 Å². The highest BCUT2D eigenvalue weighted by molar-refractivity contribution is 7.20. The van der Waals surface area contributed by atoms with Gasteiger partial charge in [0.15, 0.2) is 0 Å². The highest BCUT2D eigenvalue weighted by Crippen LogP contribution is 2.27. The van der Waals surface area contributed by atoms with Gasteiger partial charge in [-0.1, -0.05) is 20.8 Å². The first-order valence-electron chi connectivity index (χ1n) is 8.59. The number of carbonyl (C=O) groups is 2. The summed E-state index contributed by atoms with van der Waals surface area (Å²) in [5.74, 6) is -0.728. The van der Waals surface area contributed by atoms with E-state index in [1.807, 2.05) is 20.8 Å². The van der Waals surface area contributed by atoms with Crippen LogP contribution in [0.4, 0.5) is 0 Å². The first-order chi connectivity index (χ1) is 12.2. The molecule has 0 aliphatic carbocycles. The Labute approximate surface area is 155 Å². The van der Waals surface area contributed by atoms with Crippen molar-refractivity contribution in [3.8, 4) is 0 Å². The molecule has 7 nitrogen and oxygen atoms in total. The minimum atomic E-state index is -0.493. The molecule has 0 aromatic carbocycles. The van der Waals surface area contributed by atoms with Crippen molar-refractivity contribution in [2.24, 2.45) is 5.92 Å². The predicted molar refractivity (Wildman–Crippen MR) is 99.6 cm³/mol. The lowest BCUT2D eigenvalue weighted by Gasteiger charge is -2.11. The predicted octanol–water partition coefficient (Wildman–Crippen LogP) is 2.92. The molecule has 0 aliphatic rings. The summed E-state index contributed by atoms with van der Waals surface area (Å²) in [5.41, 5.74) is 0.161. The number of hydrogen-bond acceptors (Lipinski definition) is 7. The highest BCUT2D eigenvalue weighted by atomic mass is 32.1. The monoisotopic (exact) mass is 380 g/mol. The third-order valence-electron chi connectivity index (χ3n) is 3.86. The summed E-state index contributed by atoms with van der Waals surface area (Å²) in [6.45, 7) is 9.38. The second-order valence-corrected chi connectivity index (χ2v) is 7.61. The Morgan fingerprint density at radius 2 is 2.00 bits per heavy atom. The zero-order valence-electron chi connectivity index (χ0n) is 15.7. The molecule has 0 saturated heterocycles. The van der Waals surface area contributed by atoms with E-state index in [2.05, 4.69) is 4.98 Å². The molecule has 0 amide bonds. The number of rotatable bonds is 7. The van der Waals surface area contributed by atoms with Gasteiger partial charge in [-0.3, -0.25) is 14.2 Å². The molecule has 0 spiro atoms. The van der Waals surface area contributed by atoms with Gasteiger partial charge in [-0.2, -0.15) is 0 Å². The number of hydrogen-bond donors (Lipinski definition) is 0. The van der Waals surface area contributed by atoms with Gasteiger partial charge in [-0.15, -0.1) is 11.3 Å². The van der Waals surface area contributed by atoms with Gasteiger partial charge in [0.2, 0.25) is 0 Å². The molecular weight excluding hydrogens is 356 g/mol. The van der Waals surface area contributed by atoms with Crippen molar-refractivity contribution in [2.75, 3.05) is 6.61 Å². The first-order valence-corrected chi connectivity index (χ1v) is 9.41. The van der Waals surface area contributed by atoms with E-state index in [9.17, 15) is 14.4 Å². The molecule has 1 atom stereocenters. The summed E-state index contributed by atoms with van der Waals surface area (Å²) in [7, 11) is 0. The van der Waals surface area contributed by atoms with Crippen LogP contribution < -0.4 is 5.56 Å². The molecule has 8 heteroatoms.